The molecule has 1 aliphatic carbocycles. The molecule has 0 aromatic rings. The van der Waals surface area contributed by atoms with Gasteiger partial charge in [0.05, 0.1) is 5.60 Å². The molecule has 3 N–H and O–H groups in total. The van der Waals surface area contributed by atoms with Crippen molar-refractivity contribution in [2.45, 2.75) is 64.0 Å². The van der Waals surface area contributed by atoms with E-state index in [0.717, 1.165) is 38.6 Å². The molecule has 1 atom stereocenters. The summed E-state index contributed by atoms with van der Waals surface area (Å²) in [6, 6.07) is 0.351. The molecule has 118 valence electrons. The zero-order valence-corrected chi connectivity index (χ0v) is 13.2. The first-order chi connectivity index (χ1) is 9.47. The van der Waals surface area contributed by atoms with E-state index in [1.54, 1.807) is 0 Å². The average molecular weight is 285 g/mol. The van der Waals surface area contributed by atoms with E-state index < -0.39 is 5.60 Å². The second-order valence-electron chi connectivity index (χ2n) is 6.13. The van der Waals surface area contributed by atoms with Crippen LogP contribution in [-0.2, 0) is 0 Å². The van der Waals surface area contributed by atoms with Crippen LogP contribution in [0.4, 0.5) is 4.79 Å². The number of aliphatic hydroxyl groups is 1. The Bertz CT molecular complexity index is 291. The summed E-state index contributed by atoms with van der Waals surface area (Å²) in [6.45, 7) is 6.17. The van der Waals surface area contributed by atoms with E-state index in [1.807, 2.05) is 0 Å². The van der Waals surface area contributed by atoms with Crippen molar-refractivity contribution in [3.05, 3.63) is 0 Å². The number of urea groups is 1. The van der Waals surface area contributed by atoms with E-state index in [0.29, 0.717) is 19.1 Å². The number of hydrogen-bond acceptors (Lipinski definition) is 3. The van der Waals surface area contributed by atoms with Gasteiger partial charge in [0.15, 0.2) is 0 Å². The molecule has 0 heterocycles. The van der Waals surface area contributed by atoms with Gasteiger partial charge in [0.25, 0.3) is 0 Å². The minimum absolute atomic E-state index is 0.179. The maximum atomic E-state index is 11.7. The molecule has 0 saturated heterocycles. The lowest BCUT2D eigenvalue weighted by Gasteiger charge is -2.32. The molecule has 0 aliphatic heterocycles. The number of amides is 2. The van der Waals surface area contributed by atoms with Gasteiger partial charge in [0.1, 0.15) is 0 Å². The van der Waals surface area contributed by atoms with Crippen LogP contribution in [0.2, 0.25) is 0 Å². The van der Waals surface area contributed by atoms with Gasteiger partial charge >= 0.3 is 6.03 Å². The lowest BCUT2D eigenvalue weighted by Crippen LogP contribution is -2.48. The Kier molecular flexibility index (Phi) is 7.30. The summed E-state index contributed by atoms with van der Waals surface area (Å²) >= 11 is 0. The van der Waals surface area contributed by atoms with E-state index >= 15 is 0 Å². The van der Waals surface area contributed by atoms with Crippen molar-refractivity contribution in [1.29, 1.82) is 0 Å². The van der Waals surface area contributed by atoms with E-state index in [9.17, 15) is 9.90 Å². The molecule has 0 aromatic carbocycles. The molecule has 1 unspecified atom stereocenters. The fourth-order valence-electron chi connectivity index (χ4n) is 2.57. The fraction of sp³-hybridized carbons (Fsp3) is 0.933. The van der Waals surface area contributed by atoms with Gasteiger partial charge in [-0.15, -0.1) is 0 Å². The molecule has 1 fully saturated rings. The molecule has 1 saturated carbocycles. The summed E-state index contributed by atoms with van der Waals surface area (Å²) in [5, 5.41) is 15.9. The first-order valence-corrected chi connectivity index (χ1v) is 7.91. The maximum Gasteiger partial charge on any atom is 0.314 e. The lowest BCUT2D eigenvalue weighted by atomic mass is 9.85. The predicted molar refractivity (Wildman–Crippen MR) is 81.8 cm³/mol. The molecule has 1 aliphatic rings. The molecule has 5 heteroatoms. The summed E-state index contributed by atoms with van der Waals surface area (Å²) in [5.41, 5.74) is -0.691. The number of carbonyl (C=O) groups is 1. The topological polar surface area (TPSA) is 64.6 Å². The van der Waals surface area contributed by atoms with E-state index in [1.165, 1.54) is 6.42 Å². The number of likely N-dealkylation sites (N-methyl/N-ethyl adjacent to an activating group) is 1. The highest BCUT2D eigenvalue weighted by molar-refractivity contribution is 5.73. The van der Waals surface area contributed by atoms with Crippen molar-refractivity contribution in [3.8, 4) is 0 Å². The Morgan fingerprint density at radius 3 is 2.55 bits per heavy atom. The summed E-state index contributed by atoms with van der Waals surface area (Å²) in [6.07, 6.45) is 6.00. The number of nitrogens with zero attached hydrogens (tertiary/aromatic N) is 1. The van der Waals surface area contributed by atoms with Crippen LogP contribution in [0, 0.1) is 0 Å². The smallest absolute Gasteiger partial charge is 0.314 e. The molecule has 20 heavy (non-hydrogen) atoms. The summed E-state index contributed by atoms with van der Waals surface area (Å²) in [5.74, 6) is 0. The summed E-state index contributed by atoms with van der Waals surface area (Å²) < 4.78 is 0. The second kappa shape index (κ2) is 8.47. The van der Waals surface area contributed by atoms with Crippen LogP contribution in [0.5, 0.6) is 0 Å². The van der Waals surface area contributed by atoms with Gasteiger partial charge in [-0.1, -0.05) is 26.2 Å². The Morgan fingerprint density at radius 1 is 1.30 bits per heavy atom. The van der Waals surface area contributed by atoms with E-state index in [2.05, 4.69) is 36.4 Å². The molecular formula is C15H31N3O2. The average Bonchev–Trinajstić information content (AvgIpc) is 2.45. The Labute approximate surface area is 123 Å². The van der Waals surface area contributed by atoms with Crippen LogP contribution < -0.4 is 10.6 Å². The standard InChI is InChI=1S/C15H31N3O2/c1-4-13(2)18(3)11-10-16-14(19)17-12-15(20)8-6-5-7-9-15/h13,20H,4-12H2,1-3H3,(H2,16,17,19). The maximum absolute atomic E-state index is 11.7. The van der Waals surface area contributed by atoms with Crippen LogP contribution >= 0.6 is 0 Å². The Hall–Kier alpha value is -0.810. The molecule has 0 aromatic heterocycles. The van der Waals surface area contributed by atoms with Gasteiger partial charge in [-0.25, -0.2) is 4.79 Å². The third-order valence-corrected chi connectivity index (χ3v) is 4.46. The highest BCUT2D eigenvalue weighted by Crippen LogP contribution is 2.27. The van der Waals surface area contributed by atoms with Crippen LogP contribution in [0.15, 0.2) is 0 Å². The second-order valence-corrected chi connectivity index (χ2v) is 6.13. The number of hydrogen-bond donors (Lipinski definition) is 3. The molecule has 2 amide bonds. The van der Waals surface area contributed by atoms with Gasteiger partial charge in [-0.3, -0.25) is 0 Å². The van der Waals surface area contributed by atoms with Gasteiger partial charge in [-0.2, -0.15) is 0 Å². The Balaban J connectivity index is 2.14. The summed E-state index contributed by atoms with van der Waals surface area (Å²) in [7, 11) is 2.07. The Morgan fingerprint density at radius 2 is 1.95 bits per heavy atom. The van der Waals surface area contributed by atoms with Gasteiger partial charge in [0, 0.05) is 25.7 Å². The predicted octanol–water partition coefficient (Wildman–Crippen LogP) is 1.71. The SMILES string of the molecule is CCC(C)N(C)CCNC(=O)NCC1(O)CCCCC1. The first kappa shape index (κ1) is 17.2. The van der Waals surface area contributed by atoms with Crippen LogP contribution in [0.1, 0.15) is 52.4 Å². The van der Waals surface area contributed by atoms with Crippen LogP contribution in [-0.4, -0.2) is 54.4 Å². The fourth-order valence-corrected chi connectivity index (χ4v) is 2.57. The number of nitrogens with one attached hydrogen (secondary N) is 2. The minimum atomic E-state index is -0.691. The zero-order valence-electron chi connectivity index (χ0n) is 13.2. The number of carbonyl (C=O) groups excluding carboxylic acids is 1. The largest absolute Gasteiger partial charge is 0.388 e. The van der Waals surface area contributed by atoms with Crippen molar-refractivity contribution in [1.82, 2.24) is 15.5 Å². The monoisotopic (exact) mass is 285 g/mol. The lowest BCUT2D eigenvalue weighted by molar-refractivity contribution is 0.00719. The minimum Gasteiger partial charge on any atom is -0.388 e. The normalized spacial score (nSPS) is 19.6. The zero-order chi connectivity index (χ0) is 15.0. The van der Waals surface area contributed by atoms with Gasteiger partial charge in [0.2, 0.25) is 0 Å². The molecule has 0 radical (unpaired) electrons. The highest BCUT2D eigenvalue weighted by atomic mass is 16.3. The third-order valence-electron chi connectivity index (χ3n) is 4.46. The summed E-state index contributed by atoms with van der Waals surface area (Å²) in [4.78, 5) is 13.9. The van der Waals surface area contributed by atoms with Crippen molar-refractivity contribution in [2.75, 3.05) is 26.7 Å². The third kappa shape index (κ3) is 6.09. The van der Waals surface area contributed by atoms with Crippen molar-refractivity contribution < 1.29 is 9.90 Å². The van der Waals surface area contributed by atoms with E-state index in [4.69, 9.17) is 0 Å². The first-order valence-electron chi connectivity index (χ1n) is 7.91. The van der Waals surface area contributed by atoms with Crippen LogP contribution in [0.3, 0.4) is 0 Å². The molecule has 0 bridgehead atoms. The molecule has 1 rings (SSSR count). The quantitative estimate of drug-likeness (QED) is 0.667. The van der Waals surface area contributed by atoms with Crippen molar-refractivity contribution in [3.63, 3.8) is 0 Å². The molecule has 0 spiro atoms. The van der Waals surface area contributed by atoms with Crippen molar-refractivity contribution >= 4 is 6.03 Å². The highest BCUT2D eigenvalue weighted by Gasteiger charge is 2.29. The molecule has 5 nitrogen and oxygen atoms in total. The van der Waals surface area contributed by atoms with Crippen LogP contribution in [0.25, 0.3) is 0 Å². The van der Waals surface area contributed by atoms with E-state index in [-0.39, 0.29) is 6.03 Å². The van der Waals surface area contributed by atoms with Gasteiger partial charge in [-0.05, 0) is 33.2 Å². The molecular weight excluding hydrogens is 254 g/mol. The van der Waals surface area contributed by atoms with Gasteiger partial charge < -0.3 is 20.6 Å². The van der Waals surface area contributed by atoms with Crippen molar-refractivity contribution in [2.24, 2.45) is 0 Å². The number of rotatable bonds is 7.